The fourth-order valence-electron chi connectivity index (χ4n) is 3.83. The van der Waals surface area contributed by atoms with Gasteiger partial charge in [-0.15, -0.1) is 0 Å². The first-order valence-electron chi connectivity index (χ1n) is 10.0. The molecule has 152 valence electrons. The summed E-state index contributed by atoms with van der Waals surface area (Å²) in [4.78, 5) is 17.2. The van der Waals surface area contributed by atoms with Gasteiger partial charge in [-0.05, 0) is 35.4 Å². The predicted molar refractivity (Wildman–Crippen MR) is 123 cm³/mol. The summed E-state index contributed by atoms with van der Waals surface area (Å²) in [5, 5.41) is 9.37. The van der Waals surface area contributed by atoms with Gasteiger partial charge in [0.2, 0.25) is 0 Å². The van der Waals surface area contributed by atoms with Crippen LogP contribution in [0.2, 0.25) is 0 Å². The summed E-state index contributed by atoms with van der Waals surface area (Å²) in [6.45, 7) is 0.417. The number of carboxylic acid groups (broad SMARTS) is 1. The second-order valence-electron chi connectivity index (χ2n) is 7.31. The molecule has 0 aromatic heterocycles. The van der Waals surface area contributed by atoms with Gasteiger partial charge < -0.3 is 19.8 Å². The van der Waals surface area contributed by atoms with Gasteiger partial charge in [0.25, 0.3) is 0 Å². The Labute approximate surface area is 177 Å². The minimum absolute atomic E-state index is 0.110. The molecule has 1 amide bonds. The average molecular weight is 399 g/mol. The van der Waals surface area contributed by atoms with Crippen LogP contribution >= 0.6 is 0 Å². The Balaban J connectivity index is 1.78. The van der Waals surface area contributed by atoms with E-state index in [-0.39, 0.29) is 6.17 Å². The van der Waals surface area contributed by atoms with Crippen molar-refractivity contribution in [2.75, 3.05) is 23.4 Å². The van der Waals surface area contributed by atoms with E-state index in [1.165, 1.54) is 4.90 Å². The van der Waals surface area contributed by atoms with E-state index in [1.807, 2.05) is 48.6 Å². The second kappa shape index (κ2) is 8.74. The fraction of sp³-hybridized carbons (Fsp3) is 0.160. The standard InChI is InChI=1S/C25H25N3O2/c1-26(25(29)30)19-16-24(27-17-8-6-12-20-10-2-4-14-22(20)27)28-18-9-7-13-21-11-3-5-15-23(21)28/h2-15,17-18,24H,16,19H2,1H3,(H,29,30). The van der Waals surface area contributed by atoms with Crippen LogP contribution in [0.5, 0.6) is 0 Å². The first kappa shape index (κ1) is 19.6. The van der Waals surface area contributed by atoms with Crippen LogP contribution in [0.1, 0.15) is 17.5 Å². The minimum Gasteiger partial charge on any atom is -0.465 e. The summed E-state index contributed by atoms with van der Waals surface area (Å²) in [7, 11) is 1.61. The van der Waals surface area contributed by atoms with Gasteiger partial charge in [-0.3, -0.25) is 0 Å². The number of carbonyl (C=O) groups is 1. The Kier molecular flexibility index (Phi) is 5.70. The van der Waals surface area contributed by atoms with Gasteiger partial charge in [-0.2, -0.15) is 0 Å². The van der Waals surface area contributed by atoms with E-state index in [2.05, 4.69) is 58.6 Å². The molecule has 5 nitrogen and oxygen atoms in total. The first-order valence-corrected chi connectivity index (χ1v) is 10.0. The highest BCUT2D eigenvalue weighted by Gasteiger charge is 2.27. The third-order valence-electron chi connectivity index (χ3n) is 5.39. The third kappa shape index (κ3) is 4.01. The number of amides is 1. The molecule has 5 heteroatoms. The van der Waals surface area contributed by atoms with E-state index in [9.17, 15) is 9.90 Å². The molecular weight excluding hydrogens is 374 g/mol. The van der Waals surface area contributed by atoms with Crippen molar-refractivity contribution in [1.29, 1.82) is 0 Å². The third-order valence-corrected chi connectivity index (χ3v) is 5.39. The van der Waals surface area contributed by atoms with E-state index in [0.29, 0.717) is 13.0 Å². The van der Waals surface area contributed by atoms with Gasteiger partial charge in [0, 0.05) is 43.8 Å². The second-order valence-corrected chi connectivity index (χ2v) is 7.31. The average Bonchev–Trinajstić information content (AvgIpc) is 3.11. The number of para-hydroxylation sites is 2. The molecule has 0 saturated heterocycles. The Morgan fingerprint density at radius 3 is 1.87 bits per heavy atom. The molecule has 0 saturated carbocycles. The molecule has 2 aliphatic rings. The number of hydrogen-bond donors (Lipinski definition) is 1. The van der Waals surface area contributed by atoms with Crippen molar-refractivity contribution in [3.63, 3.8) is 0 Å². The van der Waals surface area contributed by atoms with Crippen molar-refractivity contribution in [3.8, 4) is 0 Å². The molecule has 2 aromatic rings. The zero-order chi connectivity index (χ0) is 20.9. The van der Waals surface area contributed by atoms with Crippen LogP contribution in [-0.2, 0) is 0 Å². The van der Waals surface area contributed by atoms with E-state index in [4.69, 9.17) is 0 Å². The normalized spacial score (nSPS) is 14.3. The fourth-order valence-corrected chi connectivity index (χ4v) is 3.83. The van der Waals surface area contributed by atoms with Crippen molar-refractivity contribution < 1.29 is 9.90 Å². The molecule has 4 rings (SSSR count). The molecule has 30 heavy (non-hydrogen) atoms. The predicted octanol–water partition coefficient (Wildman–Crippen LogP) is 5.41. The lowest BCUT2D eigenvalue weighted by molar-refractivity contribution is 0.154. The zero-order valence-electron chi connectivity index (χ0n) is 16.9. The SMILES string of the molecule is CN(CCC(N1C=CC=Cc2ccccc21)N1C=CC=Cc2ccccc21)C(=O)O. The molecule has 0 atom stereocenters. The van der Waals surface area contributed by atoms with E-state index < -0.39 is 6.09 Å². The van der Waals surface area contributed by atoms with E-state index >= 15 is 0 Å². The Bertz CT molecular complexity index is 967. The van der Waals surface area contributed by atoms with Crippen LogP contribution in [0, 0.1) is 0 Å². The number of anilines is 2. The van der Waals surface area contributed by atoms with Crippen molar-refractivity contribution in [1.82, 2.24) is 4.90 Å². The smallest absolute Gasteiger partial charge is 0.407 e. The minimum atomic E-state index is -0.921. The monoisotopic (exact) mass is 399 g/mol. The molecule has 0 aliphatic carbocycles. The van der Waals surface area contributed by atoms with Crippen LogP contribution in [-0.4, -0.2) is 35.9 Å². The number of nitrogens with zero attached hydrogens (tertiary/aromatic N) is 3. The van der Waals surface area contributed by atoms with Gasteiger partial charge in [0.15, 0.2) is 0 Å². The molecule has 0 unspecified atom stereocenters. The lowest BCUT2D eigenvalue weighted by atomic mass is 10.1. The molecule has 1 N–H and O–H groups in total. The lowest BCUT2D eigenvalue weighted by Gasteiger charge is -2.40. The summed E-state index contributed by atoms with van der Waals surface area (Å²) >= 11 is 0. The van der Waals surface area contributed by atoms with Crippen molar-refractivity contribution in [2.24, 2.45) is 0 Å². The number of hydrogen-bond acceptors (Lipinski definition) is 3. The molecule has 2 aliphatic heterocycles. The highest BCUT2D eigenvalue weighted by atomic mass is 16.4. The zero-order valence-corrected chi connectivity index (χ0v) is 16.9. The Morgan fingerprint density at radius 2 is 1.37 bits per heavy atom. The van der Waals surface area contributed by atoms with Crippen LogP contribution in [0.4, 0.5) is 16.2 Å². The molecule has 0 radical (unpaired) electrons. The van der Waals surface area contributed by atoms with Crippen LogP contribution in [0.3, 0.4) is 0 Å². The maximum Gasteiger partial charge on any atom is 0.407 e. The number of fused-ring (bicyclic) bond motifs is 2. The maximum atomic E-state index is 11.4. The van der Waals surface area contributed by atoms with Crippen molar-refractivity contribution in [3.05, 3.63) is 96.4 Å². The summed E-state index contributed by atoms with van der Waals surface area (Å²) in [6, 6.07) is 16.5. The van der Waals surface area contributed by atoms with Gasteiger partial charge >= 0.3 is 6.09 Å². The first-order chi connectivity index (χ1) is 14.6. The van der Waals surface area contributed by atoms with Gasteiger partial charge in [0.05, 0.1) is 0 Å². The summed E-state index contributed by atoms with van der Waals surface area (Å²) in [6.07, 6.45) is 16.1. The van der Waals surface area contributed by atoms with Crippen molar-refractivity contribution >= 4 is 29.6 Å². The molecule has 0 bridgehead atoms. The quantitative estimate of drug-likeness (QED) is 0.731. The largest absolute Gasteiger partial charge is 0.465 e. The molecule has 2 aromatic carbocycles. The van der Waals surface area contributed by atoms with Gasteiger partial charge in [-0.25, -0.2) is 4.79 Å². The van der Waals surface area contributed by atoms with Gasteiger partial charge in [-0.1, -0.05) is 60.7 Å². The molecule has 2 heterocycles. The highest BCUT2D eigenvalue weighted by molar-refractivity contribution is 5.75. The molecule has 0 fully saturated rings. The van der Waals surface area contributed by atoms with E-state index in [0.717, 1.165) is 22.5 Å². The maximum absolute atomic E-state index is 11.4. The van der Waals surface area contributed by atoms with Crippen molar-refractivity contribution in [2.45, 2.75) is 12.6 Å². The Hall–Kier alpha value is -3.73. The van der Waals surface area contributed by atoms with Crippen LogP contribution < -0.4 is 9.80 Å². The number of rotatable bonds is 5. The molecule has 0 spiro atoms. The highest BCUT2D eigenvalue weighted by Crippen LogP contribution is 2.33. The topological polar surface area (TPSA) is 47.0 Å². The van der Waals surface area contributed by atoms with Gasteiger partial charge in [0.1, 0.15) is 6.17 Å². The number of benzene rings is 2. The molecular formula is C25H25N3O2. The lowest BCUT2D eigenvalue weighted by Crippen LogP contribution is -2.46. The summed E-state index contributed by atoms with van der Waals surface area (Å²) in [5.74, 6) is 0. The summed E-state index contributed by atoms with van der Waals surface area (Å²) in [5.41, 5.74) is 4.44. The Morgan fingerprint density at radius 1 is 0.867 bits per heavy atom. The van der Waals surface area contributed by atoms with E-state index in [1.54, 1.807) is 7.05 Å². The van der Waals surface area contributed by atoms with Crippen LogP contribution in [0.25, 0.3) is 12.2 Å². The van der Waals surface area contributed by atoms with Crippen LogP contribution in [0.15, 0.2) is 85.2 Å². The number of allylic oxidation sites excluding steroid dienone is 4. The summed E-state index contributed by atoms with van der Waals surface area (Å²) < 4.78 is 0.